The van der Waals surface area contributed by atoms with Crippen LogP contribution in [0.5, 0.6) is 0 Å². The molecule has 2 rings (SSSR count). The molecule has 2 fully saturated rings. The van der Waals surface area contributed by atoms with Crippen LogP contribution in [0.3, 0.4) is 0 Å². The zero-order valence-electron chi connectivity index (χ0n) is 11.5. The molecule has 7 nitrogen and oxygen atoms in total. The maximum absolute atomic E-state index is 12.6. The highest BCUT2D eigenvalue weighted by atomic mass is 32.2. The van der Waals surface area contributed by atoms with Crippen molar-refractivity contribution in [3.8, 4) is 0 Å². The molecule has 0 aromatic carbocycles. The summed E-state index contributed by atoms with van der Waals surface area (Å²) in [7, 11) is -3.16. The molecule has 20 heavy (non-hydrogen) atoms. The van der Waals surface area contributed by atoms with Gasteiger partial charge in [0, 0.05) is 12.6 Å². The number of carboxylic acid groups (broad SMARTS) is 1. The van der Waals surface area contributed by atoms with Gasteiger partial charge in [-0.25, -0.2) is 8.42 Å². The highest BCUT2D eigenvalue weighted by Crippen LogP contribution is 2.30. The normalized spacial score (nSPS) is 32.1. The summed E-state index contributed by atoms with van der Waals surface area (Å²) in [4.78, 5) is 24.9. The van der Waals surface area contributed by atoms with Crippen molar-refractivity contribution in [3.63, 3.8) is 0 Å². The summed E-state index contributed by atoms with van der Waals surface area (Å²) < 4.78 is 23.1. The maximum atomic E-state index is 12.6. The third-order valence-corrected chi connectivity index (χ3v) is 5.85. The van der Waals surface area contributed by atoms with Crippen LogP contribution in [0.15, 0.2) is 0 Å². The molecule has 2 saturated heterocycles. The van der Waals surface area contributed by atoms with Crippen molar-refractivity contribution in [3.05, 3.63) is 0 Å². The number of aliphatic carboxylic acids is 1. The van der Waals surface area contributed by atoms with Crippen LogP contribution in [0.25, 0.3) is 0 Å². The molecule has 2 atom stereocenters. The largest absolute Gasteiger partial charge is 0.480 e. The van der Waals surface area contributed by atoms with Crippen LogP contribution in [0.2, 0.25) is 0 Å². The van der Waals surface area contributed by atoms with Crippen molar-refractivity contribution in [2.45, 2.75) is 25.8 Å². The first-order chi connectivity index (χ1) is 9.23. The number of nitrogens with zero attached hydrogens (tertiary/aromatic N) is 1. The number of hydrogen-bond acceptors (Lipinski definition) is 5. The molecule has 2 aliphatic heterocycles. The minimum atomic E-state index is -3.16. The minimum absolute atomic E-state index is 0.0238. The van der Waals surface area contributed by atoms with Crippen LogP contribution in [0, 0.1) is 5.41 Å². The molecule has 0 radical (unpaired) electrons. The second kappa shape index (κ2) is 5.33. The molecule has 1 amide bonds. The summed E-state index contributed by atoms with van der Waals surface area (Å²) in [5.74, 6) is -1.48. The number of sulfone groups is 1. The number of amides is 1. The van der Waals surface area contributed by atoms with E-state index >= 15 is 0 Å². The first-order valence-electron chi connectivity index (χ1n) is 6.67. The number of carbonyl (C=O) groups is 2. The summed E-state index contributed by atoms with van der Waals surface area (Å²) in [5, 5.41) is 12.1. The van der Waals surface area contributed by atoms with Gasteiger partial charge >= 0.3 is 5.97 Å². The smallest absolute Gasteiger partial charge is 0.323 e. The topological polar surface area (TPSA) is 104 Å². The van der Waals surface area contributed by atoms with Crippen molar-refractivity contribution in [2.75, 3.05) is 31.1 Å². The van der Waals surface area contributed by atoms with Gasteiger partial charge in [-0.2, -0.15) is 0 Å². The van der Waals surface area contributed by atoms with E-state index in [0.29, 0.717) is 25.9 Å². The van der Waals surface area contributed by atoms with Gasteiger partial charge in [0.2, 0.25) is 5.91 Å². The third kappa shape index (κ3) is 3.12. The van der Waals surface area contributed by atoms with E-state index in [1.807, 2.05) is 0 Å². The molecule has 0 saturated carbocycles. The van der Waals surface area contributed by atoms with E-state index in [2.05, 4.69) is 5.32 Å². The zero-order chi connectivity index (χ0) is 15.0. The van der Waals surface area contributed by atoms with Gasteiger partial charge in [0.15, 0.2) is 9.84 Å². The third-order valence-electron chi connectivity index (χ3n) is 4.10. The lowest BCUT2D eigenvalue weighted by Crippen LogP contribution is -2.51. The molecule has 0 aromatic heterocycles. The Kier molecular flexibility index (Phi) is 4.06. The van der Waals surface area contributed by atoms with Crippen LogP contribution in [0.1, 0.15) is 19.8 Å². The second-order valence-corrected chi connectivity index (χ2v) is 8.10. The van der Waals surface area contributed by atoms with Crippen LogP contribution >= 0.6 is 0 Å². The lowest BCUT2D eigenvalue weighted by atomic mass is 9.87. The number of hydrogen-bond donors (Lipinski definition) is 2. The first kappa shape index (κ1) is 15.2. The quantitative estimate of drug-likeness (QED) is 0.696. The number of carbonyl (C=O) groups excluding carboxylic acids is 1. The van der Waals surface area contributed by atoms with E-state index in [9.17, 15) is 18.0 Å². The van der Waals surface area contributed by atoms with Crippen molar-refractivity contribution < 1.29 is 23.1 Å². The summed E-state index contributed by atoms with van der Waals surface area (Å²) in [6.45, 7) is 2.58. The van der Waals surface area contributed by atoms with Gasteiger partial charge < -0.3 is 15.3 Å². The summed E-state index contributed by atoms with van der Waals surface area (Å²) in [6, 6.07) is -0.513. The molecule has 2 aliphatic rings. The monoisotopic (exact) mass is 304 g/mol. The molecule has 0 aromatic rings. The minimum Gasteiger partial charge on any atom is -0.480 e. The average Bonchev–Trinajstić information content (AvgIpc) is 2.92. The molecule has 2 unspecified atom stereocenters. The Balaban J connectivity index is 2.19. The van der Waals surface area contributed by atoms with E-state index in [0.717, 1.165) is 0 Å². The molecule has 2 N–H and O–H groups in total. The number of nitrogens with one attached hydrogen (secondary N) is 1. The first-order valence-corrected chi connectivity index (χ1v) is 8.50. The molecule has 0 aliphatic carbocycles. The fraction of sp³-hybridized carbons (Fsp3) is 0.833. The van der Waals surface area contributed by atoms with Gasteiger partial charge in [-0.1, -0.05) is 0 Å². The van der Waals surface area contributed by atoms with E-state index in [4.69, 9.17) is 5.11 Å². The Bertz CT molecular complexity index is 510. The molecular formula is C12H20N2O5S. The lowest BCUT2D eigenvalue weighted by molar-refractivity contribution is -0.150. The Morgan fingerprint density at radius 2 is 2.15 bits per heavy atom. The Morgan fingerprint density at radius 1 is 1.45 bits per heavy atom. The van der Waals surface area contributed by atoms with E-state index in [-0.39, 0.29) is 17.4 Å². The molecule has 0 bridgehead atoms. The van der Waals surface area contributed by atoms with Crippen LogP contribution in [0.4, 0.5) is 0 Å². The lowest BCUT2D eigenvalue weighted by Gasteiger charge is -2.33. The molecule has 0 spiro atoms. The van der Waals surface area contributed by atoms with Gasteiger partial charge in [-0.15, -0.1) is 0 Å². The highest BCUT2D eigenvalue weighted by molar-refractivity contribution is 7.91. The standard InChI is InChI=1S/C12H20N2O5S/c1-12(3-4-13-8-12)11(17)14(6-10(15)16)9-2-5-20(18,19)7-9/h9,13H,2-8H2,1H3,(H,15,16). The van der Waals surface area contributed by atoms with Gasteiger partial charge in [0.05, 0.1) is 16.9 Å². The summed E-state index contributed by atoms with van der Waals surface area (Å²) in [6.07, 6.45) is 0.965. The van der Waals surface area contributed by atoms with Crippen molar-refractivity contribution in [1.29, 1.82) is 0 Å². The average molecular weight is 304 g/mol. The van der Waals surface area contributed by atoms with Crippen molar-refractivity contribution >= 4 is 21.7 Å². The van der Waals surface area contributed by atoms with E-state index in [1.54, 1.807) is 6.92 Å². The summed E-state index contributed by atoms with van der Waals surface area (Å²) in [5.41, 5.74) is -0.637. The van der Waals surface area contributed by atoms with Gasteiger partial charge in [0.1, 0.15) is 6.54 Å². The van der Waals surface area contributed by atoms with Gasteiger partial charge in [-0.3, -0.25) is 9.59 Å². The number of rotatable bonds is 4. The Morgan fingerprint density at radius 3 is 2.60 bits per heavy atom. The van der Waals surface area contributed by atoms with Gasteiger partial charge in [-0.05, 0) is 26.3 Å². The van der Waals surface area contributed by atoms with Crippen molar-refractivity contribution in [2.24, 2.45) is 5.41 Å². The maximum Gasteiger partial charge on any atom is 0.323 e. The molecule has 8 heteroatoms. The fourth-order valence-corrected chi connectivity index (χ4v) is 4.61. The summed E-state index contributed by atoms with van der Waals surface area (Å²) >= 11 is 0. The molecule has 114 valence electrons. The predicted octanol–water partition coefficient (Wildman–Crippen LogP) is -0.914. The SMILES string of the molecule is CC1(C(=O)N(CC(=O)O)C2CCS(=O)(=O)C2)CCNC1. The Hall–Kier alpha value is -1.15. The van der Waals surface area contributed by atoms with Crippen molar-refractivity contribution in [1.82, 2.24) is 10.2 Å². The molecular weight excluding hydrogens is 284 g/mol. The van der Waals surface area contributed by atoms with Gasteiger partial charge in [0.25, 0.3) is 0 Å². The van der Waals surface area contributed by atoms with E-state index in [1.165, 1.54) is 4.90 Å². The number of carboxylic acids is 1. The second-order valence-electron chi connectivity index (χ2n) is 5.87. The zero-order valence-corrected chi connectivity index (χ0v) is 12.3. The van der Waals surface area contributed by atoms with Crippen LogP contribution in [-0.4, -0.2) is 67.5 Å². The van der Waals surface area contributed by atoms with Crippen LogP contribution < -0.4 is 5.32 Å². The van der Waals surface area contributed by atoms with E-state index < -0.39 is 33.8 Å². The van der Waals surface area contributed by atoms with Crippen LogP contribution in [-0.2, 0) is 19.4 Å². The highest BCUT2D eigenvalue weighted by Gasteiger charge is 2.44. The predicted molar refractivity (Wildman–Crippen MR) is 72.0 cm³/mol. The Labute approximate surface area is 118 Å². The molecule has 2 heterocycles. The fourth-order valence-electron chi connectivity index (χ4n) is 2.88.